The van der Waals surface area contributed by atoms with Crippen molar-refractivity contribution in [2.75, 3.05) is 18.5 Å². The molecule has 1 aliphatic heterocycles. The van der Waals surface area contributed by atoms with E-state index in [9.17, 15) is 10.2 Å². The van der Waals surface area contributed by atoms with E-state index in [1.54, 1.807) is 18.2 Å². The Hall–Kier alpha value is -1.26. The number of aromatic hydroxyl groups is 1. The van der Waals surface area contributed by atoms with E-state index in [1.807, 2.05) is 6.07 Å². The summed E-state index contributed by atoms with van der Waals surface area (Å²) in [5.74, 6) is 0.187. The monoisotopic (exact) mass is 195 g/mol. The van der Waals surface area contributed by atoms with Gasteiger partial charge in [0, 0.05) is 0 Å². The fraction of sp³-hybridized carbons (Fsp3) is 0.400. The summed E-state index contributed by atoms with van der Waals surface area (Å²) < 4.78 is 5.09. The lowest BCUT2D eigenvalue weighted by Crippen LogP contribution is -2.31. The van der Waals surface area contributed by atoms with Gasteiger partial charge in [-0.25, -0.2) is 0 Å². The van der Waals surface area contributed by atoms with E-state index >= 15 is 0 Å². The number of hydrogen-bond acceptors (Lipinski definition) is 4. The summed E-state index contributed by atoms with van der Waals surface area (Å²) in [7, 11) is 0. The summed E-state index contributed by atoms with van der Waals surface area (Å²) in [5.41, 5.74) is 0.627. The number of nitrogens with one attached hydrogen (secondary N) is 1. The molecule has 1 aliphatic rings. The molecule has 2 rings (SSSR count). The summed E-state index contributed by atoms with van der Waals surface area (Å²) in [5, 5.41) is 22.0. The molecular weight excluding hydrogens is 182 g/mol. The maximum Gasteiger partial charge on any atom is 0.138 e. The third-order valence-electron chi connectivity index (χ3n) is 2.30. The van der Waals surface area contributed by atoms with Gasteiger partial charge in [0.05, 0.1) is 31.0 Å². The van der Waals surface area contributed by atoms with Gasteiger partial charge in [-0.05, 0) is 12.1 Å². The third-order valence-corrected chi connectivity index (χ3v) is 2.30. The maximum absolute atomic E-state index is 9.47. The summed E-state index contributed by atoms with van der Waals surface area (Å²) in [4.78, 5) is 0. The molecule has 0 aliphatic carbocycles. The molecule has 0 saturated carbocycles. The van der Waals surface area contributed by atoms with Crippen LogP contribution in [0.4, 0.5) is 5.69 Å². The fourth-order valence-corrected chi connectivity index (χ4v) is 1.48. The van der Waals surface area contributed by atoms with Crippen LogP contribution >= 0.6 is 0 Å². The number of hydrogen-bond donors (Lipinski definition) is 3. The number of aliphatic hydroxyl groups is 1. The Balaban J connectivity index is 2.07. The Labute approximate surface area is 82.1 Å². The first kappa shape index (κ1) is 9.30. The highest BCUT2D eigenvalue weighted by Crippen LogP contribution is 2.23. The fourth-order valence-electron chi connectivity index (χ4n) is 1.48. The van der Waals surface area contributed by atoms with E-state index in [0.717, 1.165) is 0 Å². The van der Waals surface area contributed by atoms with E-state index < -0.39 is 6.10 Å². The minimum atomic E-state index is -0.505. The van der Waals surface area contributed by atoms with Crippen molar-refractivity contribution in [3.63, 3.8) is 0 Å². The van der Waals surface area contributed by atoms with E-state index in [2.05, 4.69) is 5.32 Å². The van der Waals surface area contributed by atoms with Gasteiger partial charge in [0.25, 0.3) is 0 Å². The molecule has 4 nitrogen and oxygen atoms in total. The van der Waals surface area contributed by atoms with Gasteiger partial charge in [-0.2, -0.15) is 0 Å². The first-order valence-corrected chi connectivity index (χ1v) is 4.58. The minimum absolute atomic E-state index is 0.136. The Morgan fingerprint density at radius 1 is 1.29 bits per heavy atom. The van der Waals surface area contributed by atoms with Crippen LogP contribution in [0, 0.1) is 0 Å². The standard InChI is InChI=1S/C10H13NO3/c12-9-4-2-1-3-7(9)11-8-5-14-6-10(8)13/h1-4,8,10-13H,5-6H2/t8-,10-/m1/s1. The van der Waals surface area contributed by atoms with E-state index in [4.69, 9.17) is 4.74 Å². The zero-order valence-corrected chi connectivity index (χ0v) is 7.68. The minimum Gasteiger partial charge on any atom is -0.506 e. The van der Waals surface area contributed by atoms with Crippen LogP contribution in [0.3, 0.4) is 0 Å². The Morgan fingerprint density at radius 2 is 2.07 bits per heavy atom. The third kappa shape index (κ3) is 1.81. The molecule has 1 heterocycles. The van der Waals surface area contributed by atoms with Crippen molar-refractivity contribution in [3.05, 3.63) is 24.3 Å². The molecule has 76 valence electrons. The van der Waals surface area contributed by atoms with Gasteiger partial charge in [-0.15, -0.1) is 0 Å². The Bertz CT molecular complexity index is 316. The summed E-state index contributed by atoms with van der Waals surface area (Å²) in [6.45, 7) is 0.820. The number of rotatable bonds is 2. The molecule has 2 atom stereocenters. The van der Waals surface area contributed by atoms with Gasteiger partial charge in [0.2, 0.25) is 0 Å². The number of phenolic OH excluding ortho intramolecular Hbond substituents is 1. The second-order valence-electron chi connectivity index (χ2n) is 3.37. The van der Waals surface area contributed by atoms with Crippen LogP contribution in [0.25, 0.3) is 0 Å². The highest BCUT2D eigenvalue weighted by atomic mass is 16.5. The number of phenols is 1. The number of benzene rings is 1. The van der Waals surface area contributed by atoms with Crippen LogP contribution in [-0.2, 0) is 4.74 Å². The van der Waals surface area contributed by atoms with Crippen LogP contribution in [0.5, 0.6) is 5.75 Å². The molecular formula is C10H13NO3. The number of ether oxygens (including phenoxy) is 1. The molecule has 1 saturated heterocycles. The van der Waals surface area contributed by atoms with Crippen LogP contribution < -0.4 is 5.32 Å². The first-order valence-electron chi connectivity index (χ1n) is 4.58. The van der Waals surface area contributed by atoms with Crippen LogP contribution in [0.2, 0.25) is 0 Å². The van der Waals surface area contributed by atoms with Gasteiger partial charge < -0.3 is 20.3 Å². The average Bonchev–Trinajstić information content (AvgIpc) is 2.56. The first-order chi connectivity index (χ1) is 6.77. The molecule has 1 fully saturated rings. The van der Waals surface area contributed by atoms with Crippen molar-refractivity contribution >= 4 is 5.69 Å². The van der Waals surface area contributed by atoms with Crippen molar-refractivity contribution in [1.82, 2.24) is 0 Å². The molecule has 4 heteroatoms. The topological polar surface area (TPSA) is 61.7 Å². The van der Waals surface area contributed by atoms with E-state index in [-0.39, 0.29) is 11.8 Å². The predicted octanol–water partition coefficient (Wildman–Crippen LogP) is 0.564. The van der Waals surface area contributed by atoms with Crippen molar-refractivity contribution in [1.29, 1.82) is 0 Å². The van der Waals surface area contributed by atoms with Crippen molar-refractivity contribution in [2.45, 2.75) is 12.1 Å². The molecule has 0 radical (unpaired) electrons. The SMILES string of the molecule is Oc1ccccc1N[C@@H]1COC[C@H]1O. The predicted molar refractivity (Wildman–Crippen MR) is 52.3 cm³/mol. The Kier molecular flexibility index (Phi) is 2.56. The largest absolute Gasteiger partial charge is 0.506 e. The molecule has 0 amide bonds. The molecule has 0 aromatic heterocycles. The van der Waals surface area contributed by atoms with Gasteiger partial charge in [-0.1, -0.05) is 12.1 Å². The zero-order valence-electron chi connectivity index (χ0n) is 7.68. The van der Waals surface area contributed by atoms with Gasteiger partial charge >= 0.3 is 0 Å². The normalized spacial score (nSPS) is 26.4. The van der Waals surface area contributed by atoms with Crippen LogP contribution in [-0.4, -0.2) is 35.6 Å². The molecule has 3 N–H and O–H groups in total. The van der Waals surface area contributed by atoms with Crippen molar-refractivity contribution < 1.29 is 14.9 Å². The number of aliphatic hydroxyl groups excluding tert-OH is 1. The summed E-state index contributed by atoms with van der Waals surface area (Å²) >= 11 is 0. The van der Waals surface area contributed by atoms with Crippen LogP contribution in [0.1, 0.15) is 0 Å². The molecule has 0 unspecified atom stereocenters. The number of anilines is 1. The Morgan fingerprint density at radius 3 is 2.71 bits per heavy atom. The highest BCUT2D eigenvalue weighted by molar-refractivity contribution is 5.56. The van der Waals surface area contributed by atoms with E-state index in [0.29, 0.717) is 18.9 Å². The second kappa shape index (κ2) is 3.86. The lowest BCUT2D eigenvalue weighted by Gasteiger charge is -2.16. The highest BCUT2D eigenvalue weighted by Gasteiger charge is 2.26. The lowest BCUT2D eigenvalue weighted by molar-refractivity contribution is 0.125. The lowest BCUT2D eigenvalue weighted by atomic mass is 10.2. The smallest absolute Gasteiger partial charge is 0.138 e. The molecule has 1 aromatic rings. The van der Waals surface area contributed by atoms with E-state index in [1.165, 1.54) is 0 Å². The number of para-hydroxylation sites is 2. The average molecular weight is 195 g/mol. The van der Waals surface area contributed by atoms with Gasteiger partial charge in [-0.3, -0.25) is 0 Å². The summed E-state index contributed by atoms with van der Waals surface area (Å²) in [6.07, 6.45) is -0.505. The van der Waals surface area contributed by atoms with Gasteiger partial charge in [0.1, 0.15) is 5.75 Å². The molecule has 0 bridgehead atoms. The van der Waals surface area contributed by atoms with Crippen molar-refractivity contribution in [3.8, 4) is 5.75 Å². The molecule has 1 aromatic carbocycles. The quantitative estimate of drug-likeness (QED) is 0.603. The zero-order chi connectivity index (χ0) is 9.97. The molecule has 0 spiro atoms. The van der Waals surface area contributed by atoms with Crippen LogP contribution in [0.15, 0.2) is 24.3 Å². The van der Waals surface area contributed by atoms with Gasteiger partial charge in [0.15, 0.2) is 0 Å². The molecule has 14 heavy (non-hydrogen) atoms. The van der Waals surface area contributed by atoms with Crippen molar-refractivity contribution in [2.24, 2.45) is 0 Å². The maximum atomic E-state index is 9.47. The second-order valence-corrected chi connectivity index (χ2v) is 3.37. The summed E-state index contributed by atoms with van der Waals surface area (Å²) in [6, 6.07) is 6.81.